The number of sulfonamides is 1. The number of hydrogen-bond acceptors (Lipinski definition) is 3. The molecule has 114 valence electrons. The SMILES string of the molecule is CC(C)COCCCNS(=O)(=O)c1ccc(Cl)c(Br)c1. The maximum Gasteiger partial charge on any atom is 0.240 e. The molecule has 20 heavy (non-hydrogen) atoms. The van der Waals surface area contributed by atoms with E-state index in [-0.39, 0.29) is 4.90 Å². The maximum atomic E-state index is 12.0. The lowest BCUT2D eigenvalue weighted by Crippen LogP contribution is -2.25. The Hall–Kier alpha value is -0.140. The van der Waals surface area contributed by atoms with Crippen molar-refractivity contribution in [1.82, 2.24) is 4.72 Å². The lowest BCUT2D eigenvalue weighted by Gasteiger charge is -2.09. The van der Waals surface area contributed by atoms with Crippen LogP contribution in [0.1, 0.15) is 20.3 Å². The maximum absolute atomic E-state index is 12.0. The first-order valence-electron chi connectivity index (χ1n) is 6.35. The van der Waals surface area contributed by atoms with Gasteiger partial charge in [-0.25, -0.2) is 13.1 Å². The summed E-state index contributed by atoms with van der Waals surface area (Å²) >= 11 is 9.05. The lowest BCUT2D eigenvalue weighted by atomic mass is 10.2. The number of hydrogen-bond donors (Lipinski definition) is 1. The van der Waals surface area contributed by atoms with Gasteiger partial charge in [0.05, 0.1) is 9.92 Å². The Morgan fingerprint density at radius 1 is 1.40 bits per heavy atom. The van der Waals surface area contributed by atoms with E-state index in [1.165, 1.54) is 12.1 Å². The molecule has 1 aromatic carbocycles. The van der Waals surface area contributed by atoms with Crippen LogP contribution in [0.15, 0.2) is 27.6 Å². The van der Waals surface area contributed by atoms with Crippen molar-refractivity contribution in [3.05, 3.63) is 27.7 Å². The molecule has 0 aliphatic carbocycles. The van der Waals surface area contributed by atoms with Crippen molar-refractivity contribution in [2.45, 2.75) is 25.2 Å². The van der Waals surface area contributed by atoms with Crippen molar-refractivity contribution < 1.29 is 13.2 Å². The third kappa shape index (κ3) is 6.10. The minimum Gasteiger partial charge on any atom is -0.381 e. The summed E-state index contributed by atoms with van der Waals surface area (Å²) in [5.74, 6) is 0.484. The predicted molar refractivity (Wildman–Crippen MR) is 84.6 cm³/mol. The Labute approximate surface area is 134 Å². The first-order chi connectivity index (χ1) is 9.33. The molecule has 1 rings (SSSR count). The molecule has 0 amide bonds. The van der Waals surface area contributed by atoms with Crippen molar-refractivity contribution in [1.29, 1.82) is 0 Å². The van der Waals surface area contributed by atoms with Gasteiger partial charge >= 0.3 is 0 Å². The van der Waals surface area contributed by atoms with Gasteiger partial charge in [0.1, 0.15) is 0 Å². The van der Waals surface area contributed by atoms with Gasteiger partial charge in [-0.3, -0.25) is 0 Å². The summed E-state index contributed by atoms with van der Waals surface area (Å²) < 4.78 is 32.5. The molecular weight excluding hydrogens is 366 g/mol. The molecule has 0 saturated carbocycles. The van der Waals surface area contributed by atoms with Crippen molar-refractivity contribution in [3.8, 4) is 0 Å². The van der Waals surface area contributed by atoms with Crippen LogP contribution in [-0.4, -0.2) is 28.2 Å². The molecule has 0 aliphatic rings. The summed E-state index contributed by atoms with van der Waals surface area (Å²) in [6.45, 7) is 5.73. The third-order valence-corrected chi connectivity index (χ3v) is 5.08. The molecule has 7 heteroatoms. The summed E-state index contributed by atoms with van der Waals surface area (Å²) in [6, 6.07) is 4.51. The van der Waals surface area contributed by atoms with E-state index in [4.69, 9.17) is 16.3 Å². The summed E-state index contributed by atoms with van der Waals surface area (Å²) in [5, 5.41) is 0.478. The second-order valence-corrected chi connectivity index (χ2v) is 7.82. The van der Waals surface area contributed by atoms with Gasteiger partial charge in [0.15, 0.2) is 0 Å². The minimum atomic E-state index is -3.50. The van der Waals surface area contributed by atoms with Crippen LogP contribution < -0.4 is 4.72 Å². The van der Waals surface area contributed by atoms with Crippen molar-refractivity contribution in [2.24, 2.45) is 5.92 Å². The van der Waals surface area contributed by atoms with Crippen LogP contribution in [0, 0.1) is 5.92 Å². The van der Waals surface area contributed by atoms with Crippen LogP contribution in [0.4, 0.5) is 0 Å². The molecule has 0 atom stereocenters. The molecule has 0 fully saturated rings. The van der Waals surface area contributed by atoms with Crippen LogP contribution in [-0.2, 0) is 14.8 Å². The molecule has 1 aromatic rings. The third-order valence-electron chi connectivity index (χ3n) is 2.41. The van der Waals surface area contributed by atoms with Gasteiger partial charge in [-0.15, -0.1) is 0 Å². The molecule has 0 radical (unpaired) electrons. The lowest BCUT2D eigenvalue weighted by molar-refractivity contribution is 0.108. The Morgan fingerprint density at radius 2 is 2.10 bits per heavy atom. The second kappa shape index (κ2) is 8.34. The molecule has 4 nitrogen and oxygen atoms in total. The highest BCUT2D eigenvalue weighted by Crippen LogP contribution is 2.25. The fourth-order valence-electron chi connectivity index (χ4n) is 1.43. The average molecular weight is 385 g/mol. The van der Waals surface area contributed by atoms with Gasteiger partial charge < -0.3 is 4.74 Å². The van der Waals surface area contributed by atoms with E-state index in [1.807, 2.05) is 0 Å². The van der Waals surface area contributed by atoms with Crippen LogP contribution in [0.3, 0.4) is 0 Å². The Bertz CT molecular complexity index is 534. The molecule has 0 saturated heterocycles. The number of ether oxygens (including phenoxy) is 1. The number of halogens is 2. The quantitative estimate of drug-likeness (QED) is 0.699. The number of benzene rings is 1. The highest BCUT2D eigenvalue weighted by atomic mass is 79.9. The fraction of sp³-hybridized carbons (Fsp3) is 0.538. The van der Waals surface area contributed by atoms with Gasteiger partial charge in [-0.1, -0.05) is 25.4 Å². The van der Waals surface area contributed by atoms with E-state index in [1.54, 1.807) is 6.07 Å². The predicted octanol–water partition coefficient (Wildman–Crippen LogP) is 3.44. The Morgan fingerprint density at radius 3 is 2.70 bits per heavy atom. The van der Waals surface area contributed by atoms with E-state index in [9.17, 15) is 8.42 Å². The minimum absolute atomic E-state index is 0.192. The van der Waals surface area contributed by atoms with Gasteiger partial charge in [-0.2, -0.15) is 0 Å². The van der Waals surface area contributed by atoms with Crippen molar-refractivity contribution in [2.75, 3.05) is 19.8 Å². The summed E-state index contributed by atoms with van der Waals surface area (Å²) in [5.41, 5.74) is 0. The molecular formula is C13H19BrClNO3S. The monoisotopic (exact) mass is 383 g/mol. The smallest absolute Gasteiger partial charge is 0.240 e. The molecule has 0 heterocycles. The van der Waals surface area contributed by atoms with Gasteiger partial charge in [0.2, 0.25) is 10.0 Å². The van der Waals surface area contributed by atoms with Crippen LogP contribution in [0.5, 0.6) is 0 Å². The molecule has 1 N–H and O–H groups in total. The molecule has 0 spiro atoms. The van der Waals surface area contributed by atoms with E-state index in [2.05, 4.69) is 34.5 Å². The highest BCUT2D eigenvalue weighted by molar-refractivity contribution is 9.10. The Balaban J connectivity index is 2.43. The van der Waals surface area contributed by atoms with E-state index in [0.29, 0.717) is 41.6 Å². The largest absolute Gasteiger partial charge is 0.381 e. The van der Waals surface area contributed by atoms with Crippen LogP contribution in [0.2, 0.25) is 5.02 Å². The van der Waals surface area contributed by atoms with Gasteiger partial charge in [-0.05, 0) is 46.5 Å². The number of nitrogens with one attached hydrogen (secondary N) is 1. The summed E-state index contributed by atoms with van der Waals surface area (Å²) in [6.07, 6.45) is 0.640. The first-order valence-corrected chi connectivity index (χ1v) is 9.01. The topological polar surface area (TPSA) is 55.4 Å². The summed E-state index contributed by atoms with van der Waals surface area (Å²) in [7, 11) is -3.50. The molecule has 0 aliphatic heterocycles. The fourth-order valence-corrected chi connectivity index (χ4v) is 3.17. The van der Waals surface area contributed by atoms with E-state index >= 15 is 0 Å². The second-order valence-electron chi connectivity index (χ2n) is 4.80. The summed E-state index contributed by atoms with van der Waals surface area (Å²) in [4.78, 5) is 0.192. The zero-order valence-corrected chi connectivity index (χ0v) is 14.7. The standard InChI is InChI=1S/C13H19BrClNO3S/c1-10(2)9-19-7-3-6-16-20(17,18)11-4-5-13(15)12(14)8-11/h4-5,8,10,16H,3,6-7,9H2,1-2H3. The average Bonchev–Trinajstić information content (AvgIpc) is 2.36. The zero-order chi connectivity index (χ0) is 15.2. The van der Waals surface area contributed by atoms with Crippen molar-refractivity contribution >= 4 is 37.6 Å². The Kier molecular flexibility index (Phi) is 7.47. The highest BCUT2D eigenvalue weighted by Gasteiger charge is 2.14. The first kappa shape index (κ1) is 17.9. The van der Waals surface area contributed by atoms with Crippen LogP contribution in [0.25, 0.3) is 0 Å². The van der Waals surface area contributed by atoms with Gasteiger partial charge in [0, 0.05) is 24.2 Å². The molecule has 0 bridgehead atoms. The normalized spacial score (nSPS) is 12.1. The zero-order valence-electron chi connectivity index (χ0n) is 11.5. The molecule has 0 aromatic heterocycles. The number of rotatable bonds is 8. The van der Waals surface area contributed by atoms with Crippen LogP contribution >= 0.6 is 27.5 Å². The van der Waals surface area contributed by atoms with Crippen molar-refractivity contribution in [3.63, 3.8) is 0 Å². The van der Waals surface area contributed by atoms with E-state index < -0.39 is 10.0 Å². The van der Waals surface area contributed by atoms with E-state index in [0.717, 1.165) is 0 Å². The van der Waals surface area contributed by atoms with Gasteiger partial charge in [0.25, 0.3) is 0 Å². The molecule has 0 unspecified atom stereocenters.